The van der Waals surface area contributed by atoms with E-state index in [4.69, 9.17) is 27.9 Å². The van der Waals surface area contributed by atoms with Gasteiger partial charge in [0.2, 0.25) is 0 Å². The summed E-state index contributed by atoms with van der Waals surface area (Å²) in [6.45, 7) is 1.55. The Morgan fingerprint density at radius 2 is 1.69 bits per heavy atom. The van der Waals surface area contributed by atoms with Gasteiger partial charge in [0.05, 0.1) is 26.8 Å². The number of pyridine rings is 1. The zero-order valence-electron chi connectivity index (χ0n) is 17.1. The van der Waals surface area contributed by atoms with Crippen molar-refractivity contribution >= 4 is 51.7 Å². The third-order valence-electron chi connectivity index (χ3n) is 4.82. The number of nitrogens with one attached hydrogen (secondary N) is 1. The molecule has 1 heterocycles. The molecular formula is C25H18Cl2N2O3. The SMILES string of the molecule is Cc1ccc(-c2cc(C(=O)OCC(=O)Nc3ccc(Cl)c(Cl)c3)c3ccccc3n2)cc1. The molecule has 1 N–H and O–H groups in total. The minimum atomic E-state index is -0.610. The number of carbonyl (C=O) groups excluding carboxylic acids is 2. The van der Waals surface area contributed by atoms with E-state index in [1.165, 1.54) is 6.07 Å². The molecule has 32 heavy (non-hydrogen) atoms. The first-order valence-corrected chi connectivity index (χ1v) is 10.5. The van der Waals surface area contributed by atoms with Crippen LogP contribution < -0.4 is 5.32 Å². The van der Waals surface area contributed by atoms with Crippen molar-refractivity contribution < 1.29 is 14.3 Å². The highest BCUT2D eigenvalue weighted by Gasteiger charge is 2.17. The summed E-state index contributed by atoms with van der Waals surface area (Å²) in [5.41, 5.74) is 4.12. The normalized spacial score (nSPS) is 10.7. The Bertz CT molecular complexity index is 1320. The maximum atomic E-state index is 12.9. The van der Waals surface area contributed by atoms with Gasteiger partial charge in [-0.15, -0.1) is 0 Å². The second kappa shape index (κ2) is 9.39. The Hall–Kier alpha value is -3.41. The van der Waals surface area contributed by atoms with Crippen LogP contribution in [0.3, 0.4) is 0 Å². The molecule has 0 unspecified atom stereocenters. The smallest absolute Gasteiger partial charge is 0.339 e. The molecule has 0 radical (unpaired) electrons. The lowest BCUT2D eigenvalue weighted by atomic mass is 10.0. The van der Waals surface area contributed by atoms with E-state index in [1.54, 1.807) is 24.3 Å². The van der Waals surface area contributed by atoms with Gasteiger partial charge in [-0.1, -0.05) is 71.2 Å². The highest BCUT2D eigenvalue weighted by molar-refractivity contribution is 6.42. The van der Waals surface area contributed by atoms with Crippen molar-refractivity contribution in [1.29, 1.82) is 0 Å². The molecule has 160 valence electrons. The summed E-state index contributed by atoms with van der Waals surface area (Å²) in [6.07, 6.45) is 0. The molecule has 1 aromatic heterocycles. The largest absolute Gasteiger partial charge is 0.452 e. The number of para-hydroxylation sites is 1. The summed E-state index contributed by atoms with van der Waals surface area (Å²) in [5.74, 6) is -1.10. The average molecular weight is 465 g/mol. The van der Waals surface area contributed by atoms with Crippen LogP contribution in [0.5, 0.6) is 0 Å². The number of esters is 1. The molecule has 0 saturated heterocycles. The van der Waals surface area contributed by atoms with Crippen LogP contribution in [0.2, 0.25) is 10.0 Å². The summed E-state index contributed by atoms with van der Waals surface area (Å²) in [6, 6.07) is 21.6. The van der Waals surface area contributed by atoms with E-state index in [1.807, 2.05) is 49.4 Å². The Morgan fingerprint density at radius 1 is 0.938 bits per heavy atom. The van der Waals surface area contributed by atoms with Gasteiger partial charge in [0, 0.05) is 16.6 Å². The number of anilines is 1. The molecule has 0 fully saturated rings. The number of rotatable bonds is 5. The number of ether oxygens (including phenoxy) is 1. The Labute approximate surface area is 194 Å². The van der Waals surface area contributed by atoms with Crippen LogP contribution in [0.1, 0.15) is 15.9 Å². The topological polar surface area (TPSA) is 68.3 Å². The van der Waals surface area contributed by atoms with Gasteiger partial charge in [0.1, 0.15) is 0 Å². The molecular weight excluding hydrogens is 447 g/mol. The number of amides is 1. The van der Waals surface area contributed by atoms with E-state index in [0.717, 1.165) is 11.1 Å². The van der Waals surface area contributed by atoms with Crippen LogP contribution in [0.25, 0.3) is 22.2 Å². The van der Waals surface area contributed by atoms with Gasteiger partial charge in [-0.3, -0.25) is 4.79 Å². The predicted molar refractivity (Wildman–Crippen MR) is 127 cm³/mol. The highest BCUT2D eigenvalue weighted by atomic mass is 35.5. The van der Waals surface area contributed by atoms with Crippen LogP contribution >= 0.6 is 23.2 Å². The van der Waals surface area contributed by atoms with Crippen molar-refractivity contribution in [3.8, 4) is 11.3 Å². The minimum Gasteiger partial charge on any atom is -0.452 e. The first-order valence-electron chi connectivity index (χ1n) is 9.79. The second-order valence-electron chi connectivity index (χ2n) is 7.19. The van der Waals surface area contributed by atoms with Crippen LogP contribution in [-0.4, -0.2) is 23.5 Å². The molecule has 0 atom stereocenters. The summed E-state index contributed by atoms with van der Waals surface area (Å²) in [5, 5.41) is 3.97. The lowest BCUT2D eigenvalue weighted by Gasteiger charge is -2.11. The molecule has 0 saturated carbocycles. The molecule has 0 spiro atoms. The fourth-order valence-electron chi connectivity index (χ4n) is 3.20. The lowest BCUT2D eigenvalue weighted by Crippen LogP contribution is -2.21. The Kier molecular flexibility index (Phi) is 6.40. The predicted octanol–water partition coefficient (Wildman–Crippen LogP) is 6.31. The van der Waals surface area contributed by atoms with Gasteiger partial charge < -0.3 is 10.1 Å². The van der Waals surface area contributed by atoms with Crippen LogP contribution in [0.15, 0.2) is 72.8 Å². The minimum absolute atomic E-state index is 0.313. The monoisotopic (exact) mass is 464 g/mol. The number of aryl methyl sites for hydroxylation is 1. The first-order chi connectivity index (χ1) is 15.4. The molecule has 0 aliphatic carbocycles. The number of benzene rings is 3. The molecule has 5 nitrogen and oxygen atoms in total. The van der Waals surface area contributed by atoms with Crippen LogP contribution in [0, 0.1) is 6.92 Å². The van der Waals surface area contributed by atoms with Crippen molar-refractivity contribution in [2.24, 2.45) is 0 Å². The van der Waals surface area contributed by atoms with Crippen molar-refractivity contribution in [2.75, 3.05) is 11.9 Å². The molecule has 4 aromatic rings. The second-order valence-corrected chi connectivity index (χ2v) is 8.01. The van der Waals surface area contributed by atoms with E-state index < -0.39 is 18.5 Å². The van der Waals surface area contributed by atoms with Crippen LogP contribution in [-0.2, 0) is 9.53 Å². The molecule has 1 amide bonds. The number of halogens is 2. The number of hydrogen-bond donors (Lipinski definition) is 1. The van der Waals surface area contributed by atoms with E-state index in [2.05, 4.69) is 10.3 Å². The van der Waals surface area contributed by atoms with E-state index in [9.17, 15) is 9.59 Å². The van der Waals surface area contributed by atoms with E-state index in [0.29, 0.717) is 37.9 Å². The number of nitrogens with zero attached hydrogens (tertiary/aromatic N) is 1. The van der Waals surface area contributed by atoms with Crippen molar-refractivity contribution in [3.63, 3.8) is 0 Å². The number of carbonyl (C=O) groups is 2. The Balaban J connectivity index is 1.55. The number of aromatic nitrogens is 1. The average Bonchev–Trinajstić information content (AvgIpc) is 2.79. The quantitative estimate of drug-likeness (QED) is 0.351. The van der Waals surface area contributed by atoms with E-state index >= 15 is 0 Å². The third kappa shape index (κ3) is 4.90. The van der Waals surface area contributed by atoms with Gasteiger partial charge in [-0.05, 0) is 37.3 Å². The van der Waals surface area contributed by atoms with Crippen molar-refractivity contribution in [2.45, 2.75) is 6.92 Å². The van der Waals surface area contributed by atoms with Crippen molar-refractivity contribution in [3.05, 3.63) is 94.0 Å². The molecule has 7 heteroatoms. The maximum Gasteiger partial charge on any atom is 0.339 e. The van der Waals surface area contributed by atoms with Gasteiger partial charge in [0.25, 0.3) is 5.91 Å². The van der Waals surface area contributed by atoms with Gasteiger partial charge >= 0.3 is 5.97 Å². The lowest BCUT2D eigenvalue weighted by molar-refractivity contribution is -0.119. The Morgan fingerprint density at radius 3 is 2.44 bits per heavy atom. The molecule has 0 bridgehead atoms. The van der Waals surface area contributed by atoms with Gasteiger partial charge in [-0.2, -0.15) is 0 Å². The van der Waals surface area contributed by atoms with Crippen LogP contribution in [0.4, 0.5) is 5.69 Å². The maximum absolute atomic E-state index is 12.9. The fourth-order valence-corrected chi connectivity index (χ4v) is 3.49. The number of hydrogen-bond acceptors (Lipinski definition) is 4. The molecule has 3 aromatic carbocycles. The molecule has 0 aliphatic heterocycles. The number of fused-ring (bicyclic) bond motifs is 1. The van der Waals surface area contributed by atoms with Gasteiger partial charge in [-0.25, -0.2) is 9.78 Å². The first kappa shape index (κ1) is 21.8. The van der Waals surface area contributed by atoms with Gasteiger partial charge in [0.15, 0.2) is 6.61 Å². The summed E-state index contributed by atoms with van der Waals surface area (Å²) in [7, 11) is 0. The summed E-state index contributed by atoms with van der Waals surface area (Å²) >= 11 is 11.8. The summed E-state index contributed by atoms with van der Waals surface area (Å²) in [4.78, 5) is 29.8. The van der Waals surface area contributed by atoms with Crippen molar-refractivity contribution in [1.82, 2.24) is 4.98 Å². The molecule has 0 aliphatic rings. The van der Waals surface area contributed by atoms with E-state index in [-0.39, 0.29) is 0 Å². The fraction of sp³-hybridized carbons (Fsp3) is 0.0800. The standard InChI is InChI=1S/C25H18Cl2N2O3/c1-15-6-8-16(9-7-15)23-13-19(18-4-2-3-5-22(18)29-23)25(31)32-14-24(30)28-17-10-11-20(26)21(27)12-17/h2-13H,14H2,1H3,(H,28,30). The zero-order chi connectivity index (χ0) is 22.7. The summed E-state index contributed by atoms with van der Waals surface area (Å²) < 4.78 is 5.30. The third-order valence-corrected chi connectivity index (χ3v) is 5.56. The zero-order valence-corrected chi connectivity index (χ0v) is 18.6. The molecule has 4 rings (SSSR count). The highest BCUT2D eigenvalue weighted by Crippen LogP contribution is 2.26.